The topological polar surface area (TPSA) is 56.5 Å². The maximum Gasteiger partial charge on any atom is 0.164 e. The highest BCUT2D eigenvalue weighted by atomic mass is 79.9. The summed E-state index contributed by atoms with van der Waals surface area (Å²) in [6.07, 6.45) is 0.402. The van der Waals surface area contributed by atoms with Gasteiger partial charge in [0.2, 0.25) is 0 Å². The first-order chi connectivity index (χ1) is 10.1. The van der Waals surface area contributed by atoms with Crippen molar-refractivity contribution < 1.29 is 14.6 Å². The maximum atomic E-state index is 10.7. The van der Waals surface area contributed by atoms with Gasteiger partial charge in [0.25, 0.3) is 0 Å². The minimum absolute atomic E-state index is 0.151. The molecule has 6 heteroatoms. The Kier molecular flexibility index (Phi) is 3.91. The van der Waals surface area contributed by atoms with E-state index in [2.05, 4.69) is 21.0 Å². The molecule has 0 saturated carbocycles. The Bertz CT molecular complexity index is 642. The van der Waals surface area contributed by atoms with Crippen molar-refractivity contribution >= 4 is 15.9 Å². The molecule has 2 atom stereocenters. The fourth-order valence-electron chi connectivity index (χ4n) is 2.41. The van der Waals surface area contributed by atoms with Gasteiger partial charge in [0.1, 0.15) is 12.7 Å². The molecule has 1 aliphatic rings. The number of benzene rings is 1. The molecule has 0 amide bonds. The fraction of sp³-hybridized carbons (Fsp3) is 0.400. The van der Waals surface area contributed by atoms with E-state index in [1.807, 2.05) is 38.1 Å². The molecule has 1 N–H and O–H groups in total. The van der Waals surface area contributed by atoms with Crippen LogP contribution in [-0.4, -0.2) is 27.6 Å². The Morgan fingerprint density at radius 2 is 2.05 bits per heavy atom. The van der Waals surface area contributed by atoms with Gasteiger partial charge in [-0.1, -0.05) is 12.1 Å². The number of rotatable bonds is 3. The van der Waals surface area contributed by atoms with E-state index in [4.69, 9.17) is 9.47 Å². The molecule has 1 aliphatic heterocycles. The summed E-state index contributed by atoms with van der Waals surface area (Å²) >= 11 is 3.44. The molecule has 0 fully saturated rings. The molecule has 0 spiro atoms. The van der Waals surface area contributed by atoms with Gasteiger partial charge in [-0.05, 0) is 41.9 Å². The largest absolute Gasteiger partial charge is 0.486 e. The van der Waals surface area contributed by atoms with Crippen LogP contribution < -0.4 is 9.47 Å². The molecule has 0 radical (unpaired) electrons. The molecule has 0 saturated heterocycles. The standard InChI is InChI=1S/C15H17BrN2O3/c1-9(2)18-14(10(16)7-17-18)15(19)13-8-20-11-5-3-4-6-12(11)21-13/h3-7,9,13,15,19H,8H2,1-2H3. The van der Waals surface area contributed by atoms with Gasteiger partial charge in [-0.3, -0.25) is 4.68 Å². The first kappa shape index (κ1) is 14.4. The summed E-state index contributed by atoms with van der Waals surface area (Å²) in [5.41, 5.74) is 0.706. The molecule has 2 aromatic rings. The minimum atomic E-state index is -0.822. The van der Waals surface area contributed by atoms with E-state index in [0.717, 1.165) is 4.47 Å². The molecule has 5 nitrogen and oxygen atoms in total. The van der Waals surface area contributed by atoms with Crippen molar-refractivity contribution in [1.29, 1.82) is 0 Å². The SMILES string of the molecule is CC(C)n1ncc(Br)c1C(O)C1COc2ccccc2O1. The van der Waals surface area contributed by atoms with Crippen LogP contribution in [0.5, 0.6) is 11.5 Å². The van der Waals surface area contributed by atoms with Crippen molar-refractivity contribution in [3.05, 3.63) is 40.6 Å². The average Bonchev–Trinajstić information content (AvgIpc) is 2.88. The summed E-state index contributed by atoms with van der Waals surface area (Å²) in [5, 5.41) is 15.0. The lowest BCUT2D eigenvalue weighted by Crippen LogP contribution is -2.36. The van der Waals surface area contributed by atoms with Crippen LogP contribution in [0.4, 0.5) is 0 Å². The van der Waals surface area contributed by atoms with Crippen molar-refractivity contribution in [2.75, 3.05) is 6.61 Å². The monoisotopic (exact) mass is 352 g/mol. The third-order valence-corrected chi connectivity index (χ3v) is 4.05. The van der Waals surface area contributed by atoms with Crippen LogP contribution in [-0.2, 0) is 0 Å². The van der Waals surface area contributed by atoms with Crippen LogP contribution in [0.25, 0.3) is 0 Å². The van der Waals surface area contributed by atoms with Crippen molar-refractivity contribution in [3.8, 4) is 11.5 Å². The second-order valence-electron chi connectivity index (χ2n) is 5.27. The van der Waals surface area contributed by atoms with Gasteiger partial charge in [-0.2, -0.15) is 5.10 Å². The van der Waals surface area contributed by atoms with Gasteiger partial charge in [-0.25, -0.2) is 0 Å². The van der Waals surface area contributed by atoms with Gasteiger partial charge in [0, 0.05) is 6.04 Å². The van der Waals surface area contributed by atoms with Gasteiger partial charge >= 0.3 is 0 Å². The van der Waals surface area contributed by atoms with E-state index in [1.54, 1.807) is 10.9 Å². The highest BCUT2D eigenvalue weighted by molar-refractivity contribution is 9.10. The molecular weight excluding hydrogens is 336 g/mol. The molecule has 0 bridgehead atoms. The molecule has 3 rings (SSSR count). The van der Waals surface area contributed by atoms with E-state index >= 15 is 0 Å². The quantitative estimate of drug-likeness (QED) is 0.921. The fourth-order valence-corrected chi connectivity index (χ4v) is 2.91. The Morgan fingerprint density at radius 1 is 1.33 bits per heavy atom. The third kappa shape index (κ3) is 2.65. The molecular formula is C15H17BrN2O3. The van der Waals surface area contributed by atoms with Crippen molar-refractivity contribution in [2.45, 2.75) is 32.1 Å². The number of ether oxygens (including phenoxy) is 2. The number of halogens is 1. The Morgan fingerprint density at radius 3 is 2.76 bits per heavy atom. The zero-order valence-corrected chi connectivity index (χ0v) is 13.4. The smallest absolute Gasteiger partial charge is 0.164 e. The van der Waals surface area contributed by atoms with Gasteiger partial charge in [0.05, 0.1) is 16.4 Å². The van der Waals surface area contributed by atoms with E-state index in [9.17, 15) is 5.11 Å². The van der Waals surface area contributed by atoms with Crippen molar-refractivity contribution in [3.63, 3.8) is 0 Å². The lowest BCUT2D eigenvalue weighted by molar-refractivity contribution is -0.0161. The van der Waals surface area contributed by atoms with Crippen LogP contribution in [0, 0.1) is 0 Å². The number of fused-ring (bicyclic) bond motifs is 1. The summed E-state index contributed by atoms with van der Waals surface area (Å²) in [6.45, 7) is 4.33. The summed E-state index contributed by atoms with van der Waals surface area (Å²) in [7, 11) is 0. The number of aliphatic hydroxyl groups is 1. The number of hydrogen-bond donors (Lipinski definition) is 1. The predicted octanol–water partition coefficient (Wildman–Crippen LogP) is 3.10. The summed E-state index contributed by atoms with van der Waals surface area (Å²) in [6, 6.07) is 7.61. The predicted molar refractivity (Wildman–Crippen MR) is 81.6 cm³/mol. The van der Waals surface area contributed by atoms with Gasteiger partial charge < -0.3 is 14.6 Å². The number of para-hydroxylation sites is 2. The number of aliphatic hydroxyl groups excluding tert-OH is 1. The normalized spacial score (nSPS) is 18.8. The molecule has 0 aliphatic carbocycles. The first-order valence-corrected chi connectivity index (χ1v) is 7.66. The number of nitrogens with zero attached hydrogens (tertiary/aromatic N) is 2. The molecule has 1 aromatic heterocycles. The van der Waals surface area contributed by atoms with Crippen LogP contribution in [0.15, 0.2) is 34.9 Å². The highest BCUT2D eigenvalue weighted by Gasteiger charge is 2.32. The summed E-state index contributed by atoms with van der Waals surface area (Å²) in [4.78, 5) is 0. The Labute approximate surface area is 131 Å². The molecule has 2 unspecified atom stereocenters. The average molecular weight is 353 g/mol. The minimum Gasteiger partial charge on any atom is -0.486 e. The highest BCUT2D eigenvalue weighted by Crippen LogP contribution is 2.36. The van der Waals surface area contributed by atoms with Gasteiger partial charge in [-0.15, -0.1) is 0 Å². The number of hydrogen-bond acceptors (Lipinski definition) is 4. The summed E-state index contributed by atoms with van der Waals surface area (Å²) < 4.78 is 14.1. The van der Waals surface area contributed by atoms with E-state index in [1.165, 1.54) is 0 Å². The first-order valence-electron chi connectivity index (χ1n) is 6.87. The van der Waals surface area contributed by atoms with Crippen LogP contribution in [0.2, 0.25) is 0 Å². The Balaban J connectivity index is 1.87. The number of aromatic nitrogens is 2. The van der Waals surface area contributed by atoms with Crippen molar-refractivity contribution in [1.82, 2.24) is 9.78 Å². The van der Waals surface area contributed by atoms with Gasteiger partial charge in [0.15, 0.2) is 17.6 Å². The third-order valence-electron chi connectivity index (χ3n) is 3.44. The zero-order valence-electron chi connectivity index (χ0n) is 11.9. The second kappa shape index (κ2) is 5.69. The summed E-state index contributed by atoms with van der Waals surface area (Å²) in [5.74, 6) is 1.36. The van der Waals surface area contributed by atoms with Crippen LogP contribution in [0.3, 0.4) is 0 Å². The van der Waals surface area contributed by atoms with Crippen LogP contribution in [0.1, 0.15) is 31.7 Å². The van der Waals surface area contributed by atoms with E-state index < -0.39 is 12.2 Å². The zero-order chi connectivity index (χ0) is 15.0. The Hall–Kier alpha value is -1.53. The second-order valence-corrected chi connectivity index (χ2v) is 6.13. The van der Waals surface area contributed by atoms with E-state index in [-0.39, 0.29) is 6.04 Å². The maximum absolute atomic E-state index is 10.7. The van der Waals surface area contributed by atoms with E-state index in [0.29, 0.717) is 23.8 Å². The molecule has 1 aromatic carbocycles. The van der Waals surface area contributed by atoms with Crippen LogP contribution >= 0.6 is 15.9 Å². The molecule has 21 heavy (non-hydrogen) atoms. The molecule has 112 valence electrons. The van der Waals surface area contributed by atoms with Crippen molar-refractivity contribution in [2.24, 2.45) is 0 Å². The molecule has 2 heterocycles. The lowest BCUT2D eigenvalue weighted by Gasteiger charge is -2.30. The lowest BCUT2D eigenvalue weighted by atomic mass is 10.1.